The normalized spacial score (nSPS) is 15.5. The van der Waals surface area contributed by atoms with E-state index in [4.69, 9.17) is 14.2 Å². The number of hydrogen-bond acceptors (Lipinski definition) is 5. The zero-order valence-electron chi connectivity index (χ0n) is 15.7. The van der Waals surface area contributed by atoms with Gasteiger partial charge in [0.05, 0.1) is 0 Å². The molecular formula is C20H26O5. The average molecular weight is 346 g/mol. The quantitative estimate of drug-likeness (QED) is 0.627. The Morgan fingerprint density at radius 1 is 1.36 bits per heavy atom. The Hall–Kier alpha value is -2.43. The standard InChI is InChI=1S/C20H26O5/c1-8-19(4,5)23-17-15(21)13(10-9-12(2)3)11-14-16(17)24-20(6,7)25-18(14)22/h8-9,11,21H,1,10H2,2-7H3. The summed E-state index contributed by atoms with van der Waals surface area (Å²) in [7, 11) is 0. The maximum Gasteiger partial charge on any atom is 0.345 e. The third kappa shape index (κ3) is 4.16. The van der Waals surface area contributed by atoms with Crippen LogP contribution in [0.4, 0.5) is 0 Å². The second-order valence-electron chi connectivity index (χ2n) is 7.38. The van der Waals surface area contributed by atoms with Gasteiger partial charge in [0.15, 0.2) is 11.5 Å². The number of esters is 1. The second-order valence-corrected chi connectivity index (χ2v) is 7.38. The van der Waals surface area contributed by atoms with Crippen LogP contribution in [-0.2, 0) is 11.2 Å². The van der Waals surface area contributed by atoms with Crippen LogP contribution in [0.15, 0.2) is 30.4 Å². The van der Waals surface area contributed by atoms with E-state index < -0.39 is 17.4 Å². The second kappa shape index (κ2) is 6.47. The van der Waals surface area contributed by atoms with E-state index in [9.17, 15) is 9.90 Å². The third-order valence-electron chi connectivity index (χ3n) is 3.78. The van der Waals surface area contributed by atoms with E-state index in [0.29, 0.717) is 12.0 Å². The Bertz CT molecular complexity index is 737. The summed E-state index contributed by atoms with van der Waals surface area (Å²) >= 11 is 0. The van der Waals surface area contributed by atoms with Crippen molar-refractivity contribution in [3.8, 4) is 17.2 Å². The van der Waals surface area contributed by atoms with Crippen LogP contribution in [0.3, 0.4) is 0 Å². The minimum Gasteiger partial charge on any atom is -0.504 e. The van der Waals surface area contributed by atoms with Gasteiger partial charge in [0, 0.05) is 19.4 Å². The van der Waals surface area contributed by atoms with Gasteiger partial charge in [0.2, 0.25) is 11.5 Å². The van der Waals surface area contributed by atoms with E-state index in [1.54, 1.807) is 39.8 Å². The summed E-state index contributed by atoms with van der Waals surface area (Å²) in [5.41, 5.74) is 1.15. The smallest absolute Gasteiger partial charge is 0.345 e. The Morgan fingerprint density at radius 2 is 2.00 bits per heavy atom. The summed E-state index contributed by atoms with van der Waals surface area (Å²) < 4.78 is 17.0. The maximum absolute atomic E-state index is 12.4. The van der Waals surface area contributed by atoms with E-state index in [2.05, 4.69) is 6.58 Å². The highest BCUT2D eigenvalue weighted by Gasteiger charge is 2.39. The lowest BCUT2D eigenvalue weighted by Gasteiger charge is -2.34. The van der Waals surface area contributed by atoms with Crippen LogP contribution in [0.1, 0.15) is 57.5 Å². The Kier molecular flexibility index (Phi) is 4.89. The van der Waals surface area contributed by atoms with Crippen LogP contribution in [0.2, 0.25) is 0 Å². The van der Waals surface area contributed by atoms with Gasteiger partial charge < -0.3 is 19.3 Å². The number of benzene rings is 1. The van der Waals surface area contributed by atoms with Crippen LogP contribution in [0.5, 0.6) is 17.2 Å². The molecule has 0 radical (unpaired) electrons. The van der Waals surface area contributed by atoms with Gasteiger partial charge in [-0.25, -0.2) is 4.79 Å². The molecule has 5 nitrogen and oxygen atoms in total. The number of rotatable bonds is 5. The molecule has 136 valence electrons. The average Bonchev–Trinajstić information content (AvgIpc) is 2.48. The molecule has 0 unspecified atom stereocenters. The number of phenols is 1. The van der Waals surface area contributed by atoms with Crippen LogP contribution >= 0.6 is 0 Å². The molecule has 25 heavy (non-hydrogen) atoms. The fraction of sp³-hybridized carbons (Fsp3) is 0.450. The molecule has 0 saturated heterocycles. The lowest BCUT2D eigenvalue weighted by molar-refractivity contribution is -0.129. The number of allylic oxidation sites excluding steroid dienone is 2. The molecule has 1 N–H and O–H groups in total. The highest BCUT2D eigenvalue weighted by Crippen LogP contribution is 2.48. The fourth-order valence-electron chi connectivity index (χ4n) is 2.35. The van der Waals surface area contributed by atoms with Gasteiger partial charge >= 0.3 is 5.97 Å². The van der Waals surface area contributed by atoms with Crippen LogP contribution < -0.4 is 9.47 Å². The minimum atomic E-state index is -1.14. The van der Waals surface area contributed by atoms with Crippen molar-refractivity contribution < 1.29 is 24.1 Å². The van der Waals surface area contributed by atoms with E-state index in [-0.39, 0.29) is 22.8 Å². The number of aromatic hydroxyl groups is 1. The van der Waals surface area contributed by atoms with Crippen molar-refractivity contribution in [1.29, 1.82) is 0 Å². The summed E-state index contributed by atoms with van der Waals surface area (Å²) in [5, 5.41) is 10.8. The molecule has 0 aromatic heterocycles. The SMILES string of the molecule is C=CC(C)(C)Oc1c(O)c(CC=C(C)C)cc2c1OC(C)(C)OC2=O. The summed E-state index contributed by atoms with van der Waals surface area (Å²) in [6.45, 7) is 14.6. The molecule has 0 aliphatic carbocycles. The third-order valence-corrected chi connectivity index (χ3v) is 3.78. The number of carbonyl (C=O) groups excluding carboxylic acids is 1. The first kappa shape index (κ1) is 18.9. The van der Waals surface area contributed by atoms with Crippen molar-refractivity contribution in [3.63, 3.8) is 0 Å². The largest absolute Gasteiger partial charge is 0.504 e. The molecule has 0 amide bonds. The van der Waals surface area contributed by atoms with Gasteiger partial charge in [-0.15, -0.1) is 0 Å². The van der Waals surface area contributed by atoms with Gasteiger partial charge in [-0.05, 0) is 46.3 Å². The molecular weight excluding hydrogens is 320 g/mol. The van der Waals surface area contributed by atoms with Gasteiger partial charge in [0.1, 0.15) is 11.2 Å². The number of cyclic esters (lactones) is 1. The minimum absolute atomic E-state index is 0.0447. The Labute approximate surface area is 148 Å². The topological polar surface area (TPSA) is 65.0 Å². The molecule has 0 spiro atoms. The van der Waals surface area contributed by atoms with Gasteiger partial charge in [-0.2, -0.15) is 0 Å². The predicted molar refractivity (Wildman–Crippen MR) is 96.3 cm³/mol. The van der Waals surface area contributed by atoms with Crippen molar-refractivity contribution >= 4 is 5.97 Å². The van der Waals surface area contributed by atoms with Crippen molar-refractivity contribution in [3.05, 3.63) is 41.5 Å². The molecule has 1 aromatic carbocycles. The first-order chi connectivity index (χ1) is 11.5. The molecule has 1 aromatic rings. The molecule has 1 heterocycles. The van der Waals surface area contributed by atoms with E-state index in [1.807, 2.05) is 19.9 Å². The van der Waals surface area contributed by atoms with Crippen LogP contribution in [0, 0.1) is 0 Å². The first-order valence-electron chi connectivity index (χ1n) is 8.23. The zero-order chi connectivity index (χ0) is 19.0. The Balaban J connectivity index is 2.66. The molecule has 0 bridgehead atoms. The van der Waals surface area contributed by atoms with Gasteiger partial charge in [0.25, 0.3) is 0 Å². The molecule has 2 rings (SSSR count). The monoisotopic (exact) mass is 346 g/mol. The fourth-order valence-corrected chi connectivity index (χ4v) is 2.35. The van der Waals surface area contributed by atoms with E-state index >= 15 is 0 Å². The number of hydrogen-bond donors (Lipinski definition) is 1. The molecule has 5 heteroatoms. The predicted octanol–water partition coefficient (Wildman–Crippen LogP) is 4.53. The molecule has 0 atom stereocenters. The van der Waals surface area contributed by atoms with Crippen LogP contribution in [-0.4, -0.2) is 22.5 Å². The molecule has 0 fully saturated rings. The van der Waals surface area contributed by atoms with E-state index in [0.717, 1.165) is 5.57 Å². The summed E-state index contributed by atoms with van der Waals surface area (Å²) in [4.78, 5) is 12.4. The number of ether oxygens (including phenoxy) is 3. The highest BCUT2D eigenvalue weighted by atomic mass is 16.7. The highest BCUT2D eigenvalue weighted by molar-refractivity contribution is 5.96. The number of phenolic OH excluding ortho intramolecular Hbond substituents is 1. The summed E-state index contributed by atoms with van der Waals surface area (Å²) in [6, 6.07) is 1.59. The number of carbonyl (C=O) groups is 1. The number of fused-ring (bicyclic) bond motifs is 1. The molecule has 1 aliphatic heterocycles. The van der Waals surface area contributed by atoms with Crippen molar-refractivity contribution in [2.45, 2.75) is 59.4 Å². The van der Waals surface area contributed by atoms with Gasteiger partial charge in [-0.3, -0.25) is 0 Å². The van der Waals surface area contributed by atoms with Crippen molar-refractivity contribution in [2.24, 2.45) is 0 Å². The van der Waals surface area contributed by atoms with Crippen molar-refractivity contribution in [1.82, 2.24) is 0 Å². The maximum atomic E-state index is 12.4. The van der Waals surface area contributed by atoms with Crippen molar-refractivity contribution in [2.75, 3.05) is 0 Å². The molecule has 0 saturated carbocycles. The first-order valence-corrected chi connectivity index (χ1v) is 8.23. The summed E-state index contributed by atoms with van der Waals surface area (Å²) in [6.07, 6.45) is 4.04. The summed E-state index contributed by atoms with van der Waals surface area (Å²) in [5.74, 6) is -1.38. The van der Waals surface area contributed by atoms with Gasteiger partial charge in [-0.1, -0.05) is 18.2 Å². The molecule has 1 aliphatic rings. The van der Waals surface area contributed by atoms with Crippen LogP contribution in [0.25, 0.3) is 0 Å². The zero-order valence-corrected chi connectivity index (χ0v) is 15.7. The lowest BCUT2D eigenvalue weighted by Crippen LogP contribution is -2.39. The van der Waals surface area contributed by atoms with E-state index in [1.165, 1.54) is 0 Å². The Morgan fingerprint density at radius 3 is 2.56 bits per heavy atom. The lowest BCUT2D eigenvalue weighted by atomic mass is 10.0.